The molecule has 112 valence electrons. The molecule has 0 bridgehead atoms. The van der Waals surface area contributed by atoms with Gasteiger partial charge in [0.15, 0.2) is 0 Å². The summed E-state index contributed by atoms with van der Waals surface area (Å²) in [4.78, 5) is 8.86. The van der Waals surface area contributed by atoms with E-state index in [9.17, 15) is 4.39 Å². The predicted molar refractivity (Wildman–Crippen MR) is 90.5 cm³/mol. The van der Waals surface area contributed by atoms with Gasteiger partial charge in [0, 0.05) is 11.3 Å². The molecule has 2 aromatic heterocycles. The summed E-state index contributed by atoms with van der Waals surface area (Å²) in [6.07, 6.45) is 1.56. The van der Waals surface area contributed by atoms with Crippen LogP contribution in [0.3, 0.4) is 0 Å². The maximum Gasteiger partial charge on any atom is 0.228 e. The summed E-state index contributed by atoms with van der Waals surface area (Å²) in [5.74, 6) is -0.209. The van der Waals surface area contributed by atoms with Gasteiger partial charge in [-0.05, 0) is 29.7 Å². The van der Waals surface area contributed by atoms with Crippen LogP contribution in [0.4, 0.5) is 10.3 Å². The van der Waals surface area contributed by atoms with E-state index in [4.69, 9.17) is 5.26 Å². The number of anilines is 1. The summed E-state index contributed by atoms with van der Waals surface area (Å²) >= 11 is 1.48. The SMILES string of the molecule is C=CC(=C)Nc1nc(-c2ccc(C#N)c(F)c2)c2sccc2n1. The molecule has 0 aliphatic carbocycles. The first kappa shape index (κ1) is 14.9. The van der Waals surface area contributed by atoms with Gasteiger partial charge in [-0.2, -0.15) is 5.26 Å². The van der Waals surface area contributed by atoms with Crippen molar-refractivity contribution in [3.05, 3.63) is 66.0 Å². The molecule has 0 saturated heterocycles. The van der Waals surface area contributed by atoms with E-state index >= 15 is 0 Å². The van der Waals surface area contributed by atoms with E-state index in [1.807, 2.05) is 17.5 Å². The van der Waals surface area contributed by atoms with Crippen LogP contribution in [0, 0.1) is 17.1 Å². The lowest BCUT2D eigenvalue weighted by atomic mass is 10.1. The molecule has 3 rings (SSSR count). The molecule has 0 spiro atoms. The molecule has 1 N–H and O–H groups in total. The lowest BCUT2D eigenvalue weighted by Crippen LogP contribution is -2.01. The van der Waals surface area contributed by atoms with Gasteiger partial charge < -0.3 is 5.32 Å². The zero-order valence-electron chi connectivity index (χ0n) is 12.0. The molecule has 0 saturated carbocycles. The molecule has 6 heteroatoms. The fourth-order valence-corrected chi connectivity index (χ4v) is 2.91. The third kappa shape index (κ3) is 2.82. The van der Waals surface area contributed by atoms with Crippen molar-refractivity contribution in [2.24, 2.45) is 0 Å². The Morgan fingerprint density at radius 3 is 2.87 bits per heavy atom. The van der Waals surface area contributed by atoms with Crippen molar-refractivity contribution in [3.63, 3.8) is 0 Å². The molecule has 0 unspecified atom stereocenters. The minimum Gasteiger partial charge on any atom is -0.325 e. The standard InChI is InChI=1S/C17H11FN4S/c1-3-10(2)20-17-21-14-6-7-23-16(14)15(22-17)11-4-5-12(9-19)13(18)8-11/h3-8H,1-2H2,(H,20,21,22). The van der Waals surface area contributed by atoms with E-state index in [1.165, 1.54) is 23.5 Å². The Balaban J connectivity index is 2.17. The molecule has 0 amide bonds. The number of nitrogens with one attached hydrogen (secondary N) is 1. The summed E-state index contributed by atoms with van der Waals surface area (Å²) < 4.78 is 14.8. The second-order valence-corrected chi connectivity index (χ2v) is 5.61. The highest BCUT2D eigenvalue weighted by Crippen LogP contribution is 2.32. The number of thiophene rings is 1. The van der Waals surface area contributed by atoms with E-state index in [1.54, 1.807) is 12.1 Å². The lowest BCUT2D eigenvalue weighted by molar-refractivity contribution is 0.624. The van der Waals surface area contributed by atoms with Crippen LogP contribution in [0.15, 0.2) is 54.6 Å². The number of benzene rings is 1. The number of fused-ring (bicyclic) bond motifs is 1. The number of aromatic nitrogens is 2. The Morgan fingerprint density at radius 2 is 2.17 bits per heavy atom. The van der Waals surface area contributed by atoms with Gasteiger partial charge in [-0.3, -0.25) is 0 Å². The van der Waals surface area contributed by atoms with Gasteiger partial charge in [-0.1, -0.05) is 19.2 Å². The first-order chi connectivity index (χ1) is 11.1. The van der Waals surface area contributed by atoms with E-state index in [2.05, 4.69) is 28.4 Å². The van der Waals surface area contributed by atoms with Crippen molar-refractivity contribution >= 4 is 27.5 Å². The Bertz CT molecular complexity index is 968. The highest BCUT2D eigenvalue weighted by Gasteiger charge is 2.13. The van der Waals surface area contributed by atoms with Crippen LogP contribution in [0.2, 0.25) is 0 Å². The van der Waals surface area contributed by atoms with Crippen molar-refractivity contribution in [2.45, 2.75) is 0 Å². The van der Waals surface area contributed by atoms with Crippen LogP contribution >= 0.6 is 11.3 Å². The van der Waals surface area contributed by atoms with Crippen LogP contribution < -0.4 is 5.32 Å². The summed E-state index contributed by atoms with van der Waals surface area (Å²) in [5.41, 5.74) is 2.51. The highest BCUT2D eigenvalue weighted by atomic mass is 32.1. The molecule has 0 aliphatic heterocycles. The topological polar surface area (TPSA) is 61.6 Å². The van der Waals surface area contributed by atoms with Gasteiger partial charge in [0.25, 0.3) is 0 Å². The van der Waals surface area contributed by atoms with Crippen LogP contribution in [0.1, 0.15) is 5.56 Å². The average Bonchev–Trinajstić information content (AvgIpc) is 3.02. The number of halogens is 1. The largest absolute Gasteiger partial charge is 0.325 e. The Morgan fingerprint density at radius 1 is 1.35 bits per heavy atom. The van der Waals surface area contributed by atoms with Crippen molar-refractivity contribution in [1.29, 1.82) is 5.26 Å². The monoisotopic (exact) mass is 322 g/mol. The van der Waals surface area contributed by atoms with Gasteiger partial charge in [0.05, 0.1) is 21.5 Å². The number of rotatable bonds is 4. The second-order valence-electron chi connectivity index (χ2n) is 4.69. The lowest BCUT2D eigenvalue weighted by Gasteiger charge is -2.08. The van der Waals surface area contributed by atoms with Crippen molar-refractivity contribution < 1.29 is 4.39 Å². The third-order valence-corrected chi connectivity index (χ3v) is 4.10. The molecular formula is C17H11FN4S. The van der Waals surface area contributed by atoms with E-state index in [-0.39, 0.29) is 5.56 Å². The fraction of sp³-hybridized carbons (Fsp3) is 0. The molecule has 0 fully saturated rings. The Hall–Kier alpha value is -3.04. The van der Waals surface area contributed by atoms with Gasteiger partial charge in [0.2, 0.25) is 5.95 Å². The minimum atomic E-state index is -0.571. The quantitative estimate of drug-likeness (QED) is 0.719. The maximum atomic E-state index is 13.9. The fourth-order valence-electron chi connectivity index (χ4n) is 2.06. The molecule has 23 heavy (non-hydrogen) atoms. The molecule has 0 radical (unpaired) electrons. The first-order valence-electron chi connectivity index (χ1n) is 6.66. The van der Waals surface area contributed by atoms with Crippen molar-refractivity contribution in [1.82, 2.24) is 9.97 Å². The van der Waals surface area contributed by atoms with Gasteiger partial charge in [-0.25, -0.2) is 14.4 Å². The molecule has 4 nitrogen and oxygen atoms in total. The second kappa shape index (κ2) is 5.99. The van der Waals surface area contributed by atoms with Crippen molar-refractivity contribution in [3.8, 4) is 17.3 Å². The van der Waals surface area contributed by atoms with E-state index in [0.29, 0.717) is 22.9 Å². The first-order valence-corrected chi connectivity index (χ1v) is 7.54. The normalized spacial score (nSPS) is 10.3. The third-order valence-electron chi connectivity index (χ3n) is 3.19. The van der Waals surface area contributed by atoms with Crippen LogP contribution in [-0.4, -0.2) is 9.97 Å². The number of nitriles is 1. The minimum absolute atomic E-state index is 0.00335. The summed E-state index contributed by atoms with van der Waals surface area (Å²) in [5, 5.41) is 13.7. The van der Waals surface area contributed by atoms with Gasteiger partial charge in [0.1, 0.15) is 11.9 Å². The number of hydrogen-bond donors (Lipinski definition) is 1. The smallest absolute Gasteiger partial charge is 0.228 e. The highest BCUT2D eigenvalue weighted by molar-refractivity contribution is 7.17. The number of nitrogens with zero attached hydrogens (tertiary/aromatic N) is 3. The van der Waals surface area contributed by atoms with Crippen LogP contribution in [0.5, 0.6) is 0 Å². The zero-order chi connectivity index (χ0) is 16.4. The molecule has 1 aromatic carbocycles. The number of allylic oxidation sites excluding steroid dienone is 1. The molecular weight excluding hydrogens is 311 g/mol. The summed E-state index contributed by atoms with van der Waals surface area (Å²) in [6, 6.07) is 8.11. The van der Waals surface area contributed by atoms with Gasteiger partial charge in [-0.15, -0.1) is 11.3 Å². The number of hydrogen-bond acceptors (Lipinski definition) is 5. The molecule has 0 atom stereocenters. The van der Waals surface area contributed by atoms with Gasteiger partial charge >= 0.3 is 0 Å². The predicted octanol–water partition coefficient (Wildman–Crippen LogP) is 4.48. The summed E-state index contributed by atoms with van der Waals surface area (Å²) in [7, 11) is 0. The molecule has 2 heterocycles. The Labute approximate surface area is 136 Å². The average molecular weight is 322 g/mol. The van der Waals surface area contributed by atoms with Crippen molar-refractivity contribution in [2.75, 3.05) is 5.32 Å². The molecule has 3 aromatic rings. The van der Waals surface area contributed by atoms with E-state index in [0.717, 1.165) is 10.2 Å². The maximum absolute atomic E-state index is 13.9. The van der Waals surface area contributed by atoms with Crippen LogP contribution in [0.25, 0.3) is 21.5 Å². The van der Waals surface area contributed by atoms with E-state index < -0.39 is 5.82 Å². The molecule has 0 aliphatic rings. The van der Waals surface area contributed by atoms with Crippen LogP contribution in [-0.2, 0) is 0 Å². The Kier molecular flexibility index (Phi) is 3.87. The zero-order valence-corrected chi connectivity index (χ0v) is 12.8. The summed E-state index contributed by atoms with van der Waals surface area (Å²) in [6.45, 7) is 7.40.